The van der Waals surface area contributed by atoms with E-state index in [2.05, 4.69) is 0 Å². The number of carbonyl (C=O) groups excluding carboxylic acids is 2. The van der Waals surface area contributed by atoms with E-state index in [4.69, 9.17) is 1.37 Å². The fraction of sp³-hybridized carbons (Fsp3) is 0.333. The molecule has 4 nitrogen and oxygen atoms in total. The zero-order valence-corrected chi connectivity index (χ0v) is 22.2. The van der Waals surface area contributed by atoms with Gasteiger partial charge in [-0.1, -0.05) is 48.9 Å². The van der Waals surface area contributed by atoms with Gasteiger partial charge in [0.25, 0.3) is 0 Å². The van der Waals surface area contributed by atoms with E-state index in [-0.39, 0.29) is 23.2 Å². The highest BCUT2D eigenvalue weighted by atomic mass is 19.1. The minimum atomic E-state index is -1.24. The third kappa shape index (κ3) is 5.57. The predicted molar refractivity (Wildman–Crippen MR) is 152 cm³/mol. The zero-order valence-electron chi connectivity index (χ0n) is 23.2. The molecule has 5 heteroatoms. The van der Waals surface area contributed by atoms with Gasteiger partial charge in [-0.05, 0) is 91.1 Å². The second-order valence-corrected chi connectivity index (χ2v) is 10.8. The first-order chi connectivity index (χ1) is 18.7. The van der Waals surface area contributed by atoms with E-state index in [9.17, 15) is 9.59 Å². The summed E-state index contributed by atoms with van der Waals surface area (Å²) < 4.78 is 24.8. The maximum Gasteiger partial charge on any atom is 0.230 e. The number of benzene rings is 3. The Morgan fingerprint density at radius 3 is 2.37 bits per heavy atom. The van der Waals surface area contributed by atoms with Crippen LogP contribution < -0.4 is 9.80 Å². The molecule has 1 amide bonds. The highest BCUT2D eigenvalue weighted by Crippen LogP contribution is 2.49. The Kier molecular flexibility index (Phi) is 7.08. The van der Waals surface area contributed by atoms with Crippen molar-refractivity contribution < 1.29 is 15.4 Å². The lowest BCUT2D eigenvalue weighted by Crippen LogP contribution is -2.38. The fourth-order valence-electron chi connectivity index (χ4n) is 5.89. The maximum atomic E-state index is 15.6. The first-order valence-electron chi connectivity index (χ1n) is 13.9. The number of halogens is 1. The van der Waals surface area contributed by atoms with Crippen LogP contribution in [0.4, 0.5) is 15.8 Å². The summed E-state index contributed by atoms with van der Waals surface area (Å²) in [5, 5.41) is 0. The van der Waals surface area contributed by atoms with Crippen molar-refractivity contribution in [3.8, 4) is 11.1 Å². The summed E-state index contributed by atoms with van der Waals surface area (Å²) in [6.07, 6.45) is 7.26. The molecule has 196 valence electrons. The van der Waals surface area contributed by atoms with Crippen LogP contribution >= 0.6 is 0 Å². The Hall–Kier alpha value is -3.73. The topological polar surface area (TPSA) is 40.6 Å². The van der Waals surface area contributed by atoms with Gasteiger partial charge in [-0.3, -0.25) is 9.59 Å². The van der Waals surface area contributed by atoms with Gasteiger partial charge in [0.15, 0.2) is 5.78 Å². The zero-order chi connectivity index (χ0) is 27.7. The van der Waals surface area contributed by atoms with Gasteiger partial charge in [-0.2, -0.15) is 0 Å². The number of rotatable bonds is 8. The highest BCUT2D eigenvalue weighted by molar-refractivity contribution is 5.96. The van der Waals surface area contributed by atoms with Gasteiger partial charge >= 0.3 is 0 Å². The summed E-state index contributed by atoms with van der Waals surface area (Å²) in [4.78, 5) is 29.0. The lowest BCUT2D eigenvalue weighted by Gasteiger charge is -2.30. The van der Waals surface area contributed by atoms with Crippen molar-refractivity contribution in [3.05, 3.63) is 89.8 Å². The molecule has 2 unspecified atom stereocenters. The fourth-order valence-corrected chi connectivity index (χ4v) is 5.89. The number of anilines is 2. The third-order valence-electron chi connectivity index (χ3n) is 7.94. The smallest absolute Gasteiger partial charge is 0.230 e. The number of nitrogens with zero attached hydrogens (tertiary/aromatic N) is 2. The molecule has 0 aromatic heterocycles. The molecule has 4 atom stereocenters. The first kappa shape index (κ1) is 24.6. The molecule has 2 aliphatic carbocycles. The number of hydrogen-bond acceptors (Lipinski definition) is 3. The van der Waals surface area contributed by atoms with E-state index in [0.717, 1.165) is 48.1 Å². The Balaban J connectivity index is 1.49. The van der Waals surface area contributed by atoms with E-state index in [1.165, 1.54) is 24.0 Å². The maximum absolute atomic E-state index is 15.6. The molecule has 38 heavy (non-hydrogen) atoms. The number of amides is 1. The Labute approximate surface area is 226 Å². The molecule has 3 aromatic carbocycles. The van der Waals surface area contributed by atoms with Crippen molar-refractivity contribution >= 4 is 29.1 Å². The van der Waals surface area contributed by atoms with Gasteiger partial charge in [0.05, 0.1) is 7.89 Å². The summed E-state index contributed by atoms with van der Waals surface area (Å²) in [6, 6.07) is 20.0. The molecule has 0 N–H and O–H groups in total. The van der Waals surface area contributed by atoms with Crippen LogP contribution in [0.15, 0.2) is 72.8 Å². The average molecular weight is 512 g/mol. The van der Waals surface area contributed by atoms with Crippen molar-refractivity contribution in [2.24, 2.45) is 17.8 Å². The summed E-state index contributed by atoms with van der Waals surface area (Å²) in [5.74, 6) is 0.0445. The Morgan fingerprint density at radius 1 is 0.974 bits per heavy atom. The number of carbonyl (C=O) groups is 2. The van der Waals surface area contributed by atoms with Crippen molar-refractivity contribution in [2.45, 2.75) is 39.1 Å². The average Bonchev–Trinajstić information content (AvgIpc) is 3.56. The molecule has 0 spiro atoms. The van der Waals surface area contributed by atoms with Crippen LogP contribution in [0.5, 0.6) is 0 Å². The second kappa shape index (κ2) is 10.9. The standard InChI is InChI=1S/C33H35FN2O2/c1-22(37)7-8-23-5-4-6-30(18-23)36(33(38)31-19-24-9-10-27(31)17-24)21-28-12-11-26(20-32(28)34)25-13-15-29(16-14-25)35(2)3/h4-8,11-16,18,20,24,27,31H,9-10,17,19,21H2,1-3H3/b8-7+/t24-,27+,31?/m0/s1/i21D/t21?,24-,27+,31?. The predicted octanol–water partition coefficient (Wildman–Crippen LogP) is 7.13. The molecule has 2 aliphatic rings. The monoisotopic (exact) mass is 511 g/mol. The number of ketones is 1. The van der Waals surface area contributed by atoms with Gasteiger partial charge in [-0.15, -0.1) is 0 Å². The molecule has 3 aromatic rings. The van der Waals surface area contributed by atoms with Crippen LogP contribution in [0.2, 0.25) is 0 Å². The van der Waals surface area contributed by atoms with E-state index < -0.39 is 12.3 Å². The first-order valence-corrected chi connectivity index (χ1v) is 13.3. The normalized spacial score (nSPS) is 21.4. The van der Waals surface area contributed by atoms with E-state index >= 15 is 4.39 Å². The van der Waals surface area contributed by atoms with Crippen LogP contribution in [0.25, 0.3) is 17.2 Å². The molecule has 2 saturated carbocycles. The quantitative estimate of drug-likeness (QED) is 0.302. The van der Waals surface area contributed by atoms with Crippen LogP contribution in [0.3, 0.4) is 0 Å². The molecule has 0 radical (unpaired) electrons. The largest absolute Gasteiger partial charge is 0.378 e. The minimum Gasteiger partial charge on any atom is -0.378 e. The Morgan fingerprint density at radius 2 is 1.74 bits per heavy atom. The Bertz CT molecular complexity index is 1400. The van der Waals surface area contributed by atoms with Crippen molar-refractivity contribution in [3.63, 3.8) is 0 Å². The molecule has 2 fully saturated rings. The summed E-state index contributed by atoms with van der Waals surface area (Å²) in [5.41, 5.74) is 4.10. The van der Waals surface area contributed by atoms with Crippen LogP contribution in [0, 0.1) is 23.6 Å². The number of hydrogen-bond donors (Lipinski definition) is 0. The number of allylic oxidation sites excluding steroid dienone is 1. The molecular weight excluding hydrogens is 475 g/mol. The van der Waals surface area contributed by atoms with Crippen molar-refractivity contribution in [1.82, 2.24) is 0 Å². The molecular formula is C33H35FN2O2. The van der Waals surface area contributed by atoms with Crippen molar-refractivity contribution in [2.75, 3.05) is 23.9 Å². The van der Waals surface area contributed by atoms with E-state index in [1.807, 2.05) is 55.4 Å². The van der Waals surface area contributed by atoms with Crippen molar-refractivity contribution in [1.29, 1.82) is 0 Å². The lowest BCUT2D eigenvalue weighted by molar-refractivity contribution is -0.124. The van der Waals surface area contributed by atoms with Gasteiger partial charge in [-0.25, -0.2) is 4.39 Å². The number of fused-ring (bicyclic) bond motifs is 2. The molecule has 0 heterocycles. The highest BCUT2D eigenvalue weighted by Gasteiger charge is 2.44. The van der Waals surface area contributed by atoms with Gasteiger partial charge in [0.2, 0.25) is 5.91 Å². The summed E-state index contributed by atoms with van der Waals surface area (Å²) >= 11 is 0. The van der Waals surface area contributed by atoms with Crippen LogP contribution in [-0.2, 0) is 16.1 Å². The SMILES string of the molecule is [2H]C(c1ccc(-c2ccc(N(C)C)cc2)cc1F)N(C(=O)C1C[C@H]2CC[C@@H]1C2)c1cccc(/C=C/C(C)=O)c1. The molecule has 0 saturated heterocycles. The van der Waals surface area contributed by atoms with E-state index in [0.29, 0.717) is 17.5 Å². The molecule has 5 rings (SSSR count). The van der Waals surface area contributed by atoms with Crippen LogP contribution in [0.1, 0.15) is 45.1 Å². The van der Waals surface area contributed by atoms with Gasteiger partial charge in [0.1, 0.15) is 5.82 Å². The summed E-state index contributed by atoms with van der Waals surface area (Å²) in [7, 11) is 3.94. The lowest BCUT2D eigenvalue weighted by atomic mass is 9.87. The minimum absolute atomic E-state index is 0.0767. The van der Waals surface area contributed by atoms with Crippen LogP contribution in [-0.4, -0.2) is 25.8 Å². The van der Waals surface area contributed by atoms with Gasteiger partial charge in [0, 0.05) is 37.0 Å². The third-order valence-corrected chi connectivity index (χ3v) is 7.94. The summed E-state index contributed by atoms with van der Waals surface area (Å²) in [6.45, 7) is 0.239. The molecule has 0 aliphatic heterocycles. The molecule has 2 bridgehead atoms. The second-order valence-electron chi connectivity index (χ2n) is 10.8. The van der Waals surface area contributed by atoms with E-state index in [1.54, 1.807) is 30.3 Å². The van der Waals surface area contributed by atoms with Gasteiger partial charge < -0.3 is 9.80 Å².